The van der Waals surface area contributed by atoms with E-state index in [4.69, 9.17) is 4.74 Å². The summed E-state index contributed by atoms with van der Waals surface area (Å²) in [6, 6.07) is 5.22. The molecule has 8 nitrogen and oxygen atoms in total. The molecule has 4 rings (SSSR count). The first kappa shape index (κ1) is 22.5. The van der Waals surface area contributed by atoms with Crippen LogP contribution in [0.1, 0.15) is 53.9 Å². The Morgan fingerprint density at radius 1 is 1.25 bits per heavy atom. The number of amides is 1. The predicted octanol–water partition coefficient (Wildman–Crippen LogP) is 3.72. The minimum atomic E-state index is -0.572. The van der Waals surface area contributed by atoms with Crippen molar-refractivity contribution < 1.29 is 14.3 Å². The van der Waals surface area contributed by atoms with Crippen molar-refractivity contribution in [3.05, 3.63) is 50.9 Å². The lowest BCUT2D eigenvalue weighted by atomic mass is 10.1. The van der Waals surface area contributed by atoms with Gasteiger partial charge in [-0.1, -0.05) is 24.2 Å². The van der Waals surface area contributed by atoms with E-state index in [-0.39, 0.29) is 17.7 Å². The highest BCUT2D eigenvalue weighted by Gasteiger charge is 2.28. The molecule has 1 amide bonds. The minimum absolute atomic E-state index is 0.233. The number of rotatable bonds is 6. The highest BCUT2D eigenvalue weighted by molar-refractivity contribution is 8.00. The summed E-state index contributed by atoms with van der Waals surface area (Å²) in [5, 5.41) is 3.11. The van der Waals surface area contributed by atoms with Crippen LogP contribution in [0.5, 0.6) is 0 Å². The molecule has 0 fully saturated rings. The number of anilines is 1. The maximum Gasteiger partial charge on any atom is 0.355 e. The monoisotopic (exact) mass is 472 g/mol. The van der Waals surface area contributed by atoms with Crippen LogP contribution >= 0.6 is 23.1 Å². The standard InChI is InChI=1S/C22H24N4O4S2/c1-3-30-20(28)17-14-9-5-4-6-10-15(14)32-19(17)24-18(27)13(2)31-21-23-16-11-7-8-12-26(16)22(29)25-21/h7-8,11-13H,3-6,9-10H2,1-2H3,(H,24,27)/t13-/m0/s1. The first-order valence-corrected chi connectivity index (χ1v) is 12.3. The third kappa shape index (κ3) is 4.71. The molecule has 0 bridgehead atoms. The van der Waals surface area contributed by atoms with Crippen molar-refractivity contribution in [3.8, 4) is 0 Å². The molecule has 1 atom stereocenters. The van der Waals surface area contributed by atoms with E-state index in [0.29, 0.717) is 16.2 Å². The van der Waals surface area contributed by atoms with Crippen molar-refractivity contribution in [2.75, 3.05) is 11.9 Å². The van der Waals surface area contributed by atoms with Gasteiger partial charge in [0.2, 0.25) is 5.91 Å². The third-order valence-corrected chi connectivity index (χ3v) is 7.40. The summed E-state index contributed by atoms with van der Waals surface area (Å²) in [6.07, 6.45) is 6.54. The number of ether oxygens (including phenoxy) is 1. The van der Waals surface area contributed by atoms with Crippen LogP contribution in [-0.2, 0) is 22.4 Å². The Bertz CT molecular complexity index is 1220. The van der Waals surface area contributed by atoms with Crippen LogP contribution in [-0.4, -0.2) is 38.1 Å². The van der Waals surface area contributed by atoms with Gasteiger partial charge in [-0.3, -0.25) is 9.20 Å². The number of hydrogen-bond acceptors (Lipinski definition) is 8. The van der Waals surface area contributed by atoms with Crippen LogP contribution < -0.4 is 11.0 Å². The van der Waals surface area contributed by atoms with Crippen LogP contribution in [0.4, 0.5) is 5.00 Å². The lowest BCUT2D eigenvalue weighted by Gasteiger charge is -2.12. The summed E-state index contributed by atoms with van der Waals surface area (Å²) in [7, 11) is 0. The van der Waals surface area contributed by atoms with Gasteiger partial charge in [0, 0.05) is 11.1 Å². The van der Waals surface area contributed by atoms with Gasteiger partial charge in [-0.15, -0.1) is 11.3 Å². The fourth-order valence-corrected chi connectivity index (χ4v) is 5.71. The van der Waals surface area contributed by atoms with Crippen LogP contribution in [0.2, 0.25) is 0 Å². The molecule has 0 unspecified atom stereocenters. The Morgan fingerprint density at radius 2 is 2.06 bits per heavy atom. The lowest BCUT2D eigenvalue weighted by molar-refractivity contribution is -0.115. The van der Waals surface area contributed by atoms with Gasteiger partial charge in [-0.05, 0) is 57.2 Å². The van der Waals surface area contributed by atoms with E-state index in [2.05, 4.69) is 15.3 Å². The minimum Gasteiger partial charge on any atom is -0.462 e. The number of carbonyl (C=O) groups excluding carboxylic acids is 2. The molecule has 3 heterocycles. The number of fused-ring (bicyclic) bond motifs is 2. The van der Waals surface area contributed by atoms with E-state index >= 15 is 0 Å². The largest absolute Gasteiger partial charge is 0.462 e. The second kappa shape index (κ2) is 9.83. The second-order valence-electron chi connectivity index (χ2n) is 7.46. The average molecular weight is 473 g/mol. The predicted molar refractivity (Wildman–Crippen MR) is 125 cm³/mol. The van der Waals surface area contributed by atoms with Crippen LogP contribution in [0.25, 0.3) is 5.65 Å². The maximum atomic E-state index is 13.0. The van der Waals surface area contributed by atoms with Gasteiger partial charge in [0.15, 0.2) is 5.16 Å². The van der Waals surface area contributed by atoms with Crippen molar-refractivity contribution in [1.82, 2.24) is 14.4 Å². The number of aromatic nitrogens is 3. The van der Waals surface area contributed by atoms with Crippen molar-refractivity contribution >= 4 is 45.6 Å². The zero-order chi connectivity index (χ0) is 22.7. The highest BCUT2D eigenvalue weighted by Crippen LogP contribution is 2.38. The van der Waals surface area contributed by atoms with Crippen molar-refractivity contribution in [1.29, 1.82) is 0 Å². The number of esters is 1. The summed E-state index contributed by atoms with van der Waals surface area (Å²) in [4.78, 5) is 47.3. The molecule has 0 aromatic carbocycles. The summed E-state index contributed by atoms with van der Waals surface area (Å²) in [5.41, 5.74) is 1.51. The average Bonchev–Trinajstić information content (AvgIpc) is 2.94. The van der Waals surface area contributed by atoms with Gasteiger partial charge < -0.3 is 10.1 Å². The maximum absolute atomic E-state index is 13.0. The second-order valence-corrected chi connectivity index (χ2v) is 9.87. The van der Waals surface area contributed by atoms with Crippen LogP contribution in [0.15, 0.2) is 34.3 Å². The quantitative estimate of drug-likeness (QED) is 0.331. The Hall–Kier alpha value is -2.72. The molecular weight excluding hydrogens is 448 g/mol. The number of nitrogens with zero attached hydrogens (tertiary/aromatic N) is 3. The number of thioether (sulfide) groups is 1. The number of nitrogens with one attached hydrogen (secondary N) is 1. The molecule has 1 N–H and O–H groups in total. The van der Waals surface area contributed by atoms with Gasteiger partial charge >= 0.3 is 11.7 Å². The number of thiophene rings is 1. The van der Waals surface area contributed by atoms with Gasteiger partial charge in [0.05, 0.1) is 17.4 Å². The van der Waals surface area contributed by atoms with E-state index in [1.54, 1.807) is 38.2 Å². The van der Waals surface area contributed by atoms with Crippen molar-refractivity contribution in [2.45, 2.75) is 56.4 Å². The smallest absolute Gasteiger partial charge is 0.355 e. The molecule has 1 aliphatic carbocycles. The van der Waals surface area contributed by atoms with Crippen LogP contribution in [0, 0.1) is 0 Å². The topological polar surface area (TPSA) is 103 Å². The third-order valence-electron chi connectivity index (χ3n) is 5.23. The molecule has 3 aromatic rings. The zero-order valence-electron chi connectivity index (χ0n) is 17.9. The highest BCUT2D eigenvalue weighted by atomic mass is 32.2. The fourth-order valence-electron chi connectivity index (χ4n) is 3.67. The molecule has 32 heavy (non-hydrogen) atoms. The molecule has 0 saturated carbocycles. The molecule has 0 aliphatic heterocycles. The summed E-state index contributed by atoms with van der Waals surface area (Å²) >= 11 is 2.56. The number of hydrogen-bond donors (Lipinski definition) is 1. The Labute approximate surface area is 193 Å². The van der Waals surface area contributed by atoms with Gasteiger partial charge in [-0.25, -0.2) is 14.6 Å². The molecule has 1 aliphatic rings. The van der Waals surface area contributed by atoms with Crippen molar-refractivity contribution in [3.63, 3.8) is 0 Å². The number of aryl methyl sites for hydroxylation is 1. The van der Waals surface area contributed by atoms with Gasteiger partial charge in [-0.2, -0.15) is 4.98 Å². The molecule has 168 valence electrons. The Balaban J connectivity index is 1.56. The Kier molecular flexibility index (Phi) is 6.90. The van der Waals surface area contributed by atoms with E-state index in [1.165, 1.54) is 15.7 Å². The first-order valence-electron chi connectivity index (χ1n) is 10.6. The van der Waals surface area contributed by atoms with Gasteiger partial charge in [0.1, 0.15) is 10.6 Å². The Morgan fingerprint density at radius 3 is 2.88 bits per heavy atom. The van der Waals surface area contributed by atoms with E-state index in [1.807, 2.05) is 0 Å². The molecular formula is C22H24N4O4S2. The number of carbonyl (C=O) groups is 2. The van der Waals surface area contributed by atoms with E-state index < -0.39 is 16.9 Å². The van der Waals surface area contributed by atoms with E-state index in [9.17, 15) is 14.4 Å². The molecule has 3 aromatic heterocycles. The van der Waals surface area contributed by atoms with Crippen LogP contribution in [0.3, 0.4) is 0 Å². The summed E-state index contributed by atoms with van der Waals surface area (Å²) in [5.74, 6) is -0.679. The summed E-state index contributed by atoms with van der Waals surface area (Å²) in [6.45, 7) is 3.77. The molecule has 0 radical (unpaired) electrons. The molecule has 0 spiro atoms. The lowest BCUT2D eigenvalue weighted by Crippen LogP contribution is -2.25. The summed E-state index contributed by atoms with van der Waals surface area (Å²) < 4.78 is 6.63. The van der Waals surface area contributed by atoms with E-state index in [0.717, 1.165) is 54.3 Å². The van der Waals surface area contributed by atoms with Crippen molar-refractivity contribution in [2.24, 2.45) is 0 Å². The van der Waals surface area contributed by atoms with Gasteiger partial charge in [0.25, 0.3) is 0 Å². The molecule has 10 heteroatoms. The normalized spacial score (nSPS) is 14.4. The fraction of sp³-hybridized carbons (Fsp3) is 0.409. The molecule has 0 saturated heterocycles. The SMILES string of the molecule is CCOC(=O)c1c(NC(=O)[C@H](C)Sc2nc(=O)n3ccccc3n2)sc2c1CCCCC2. The first-order chi connectivity index (χ1) is 15.5. The zero-order valence-corrected chi connectivity index (χ0v) is 19.6. The number of pyridine rings is 1.